The van der Waals surface area contributed by atoms with E-state index >= 15 is 0 Å². The third-order valence-corrected chi connectivity index (χ3v) is 5.14. The van der Waals surface area contributed by atoms with Crippen molar-refractivity contribution in [1.82, 2.24) is 24.7 Å². The summed E-state index contributed by atoms with van der Waals surface area (Å²) in [5.74, 6) is 0. The number of rotatable bonds is 3. The largest absolute Gasteiger partial charge is 0.256 e. The quantitative estimate of drug-likeness (QED) is 0.300. The molecule has 1 aromatic carbocycles. The fourth-order valence-corrected chi connectivity index (χ4v) is 3.70. The van der Waals surface area contributed by atoms with Crippen LogP contribution in [0.2, 0.25) is 5.02 Å². The standard InChI is InChI=1S/C16H12ClN5S2/c1-23-15-11-8-19-22(14(11)20-16(21-15)24-2)13-5-6-18-12-7-9(17)3-4-10(12)13/h3-8H,1-2H3. The van der Waals surface area contributed by atoms with Crippen LogP contribution in [-0.2, 0) is 0 Å². The van der Waals surface area contributed by atoms with Crippen LogP contribution >= 0.6 is 35.1 Å². The van der Waals surface area contributed by atoms with Crippen LogP contribution in [0.5, 0.6) is 0 Å². The van der Waals surface area contributed by atoms with Gasteiger partial charge in [0.05, 0.1) is 22.8 Å². The van der Waals surface area contributed by atoms with Gasteiger partial charge in [-0.2, -0.15) is 5.10 Å². The van der Waals surface area contributed by atoms with Crippen LogP contribution < -0.4 is 0 Å². The number of nitrogens with zero attached hydrogens (tertiary/aromatic N) is 5. The summed E-state index contributed by atoms with van der Waals surface area (Å²) in [7, 11) is 0. The molecule has 5 nitrogen and oxygen atoms in total. The summed E-state index contributed by atoms with van der Waals surface area (Å²) in [6.07, 6.45) is 7.55. The number of aromatic nitrogens is 5. The van der Waals surface area contributed by atoms with E-state index in [2.05, 4.69) is 20.1 Å². The number of thioether (sulfide) groups is 2. The van der Waals surface area contributed by atoms with Crippen molar-refractivity contribution in [2.24, 2.45) is 0 Å². The molecule has 24 heavy (non-hydrogen) atoms. The van der Waals surface area contributed by atoms with Gasteiger partial charge in [0.25, 0.3) is 0 Å². The van der Waals surface area contributed by atoms with Crippen LogP contribution in [0.1, 0.15) is 0 Å². The third kappa shape index (κ3) is 2.53. The van der Waals surface area contributed by atoms with Crippen LogP contribution in [0.25, 0.3) is 27.6 Å². The van der Waals surface area contributed by atoms with Gasteiger partial charge >= 0.3 is 0 Å². The Morgan fingerprint density at radius 3 is 2.71 bits per heavy atom. The molecule has 0 N–H and O–H groups in total. The molecule has 0 unspecified atom stereocenters. The molecule has 0 spiro atoms. The van der Waals surface area contributed by atoms with Gasteiger partial charge in [-0.3, -0.25) is 4.98 Å². The number of hydrogen-bond donors (Lipinski definition) is 0. The van der Waals surface area contributed by atoms with Gasteiger partial charge in [-0.1, -0.05) is 23.4 Å². The monoisotopic (exact) mass is 373 g/mol. The van der Waals surface area contributed by atoms with Crippen molar-refractivity contribution in [2.75, 3.05) is 12.5 Å². The Morgan fingerprint density at radius 2 is 1.92 bits per heavy atom. The smallest absolute Gasteiger partial charge is 0.190 e. The highest BCUT2D eigenvalue weighted by Gasteiger charge is 2.15. The first kappa shape index (κ1) is 15.7. The molecule has 3 aromatic heterocycles. The fraction of sp³-hybridized carbons (Fsp3) is 0.125. The minimum Gasteiger partial charge on any atom is -0.256 e. The van der Waals surface area contributed by atoms with E-state index in [-0.39, 0.29) is 0 Å². The lowest BCUT2D eigenvalue weighted by molar-refractivity contribution is 0.868. The molecule has 8 heteroatoms. The summed E-state index contributed by atoms with van der Waals surface area (Å²) in [6, 6.07) is 7.60. The van der Waals surface area contributed by atoms with Crippen molar-refractivity contribution >= 4 is 57.1 Å². The molecule has 0 bridgehead atoms. The Hall–Kier alpha value is -1.83. The van der Waals surface area contributed by atoms with Gasteiger partial charge in [-0.05, 0) is 36.8 Å². The summed E-state index contributed by atoms with van der Waals surface area (Å²) in [4.78, 5) is 13.6. The van der Waals surface area contributed by atoms with Gasteiger partial charge in [0.2, 0.25) is 0 Å². The molecule has 0 saturated heterocycles. The number of benzene rings is 1. The molecule has 120 valence electrons. The molecular weight excluding hydrogens is 362 g/mol. The third-order valence-electron chi connectivity index (χ3n) is 3.66. The second-order valence-electron chi connectivity index (χ2n) is 5.00. The minimum atomic E-state index is 0.661. The van der Waals surface area contributed by atoms with Gasteiger partial charge in [0, 0.05) is 16.6 Å². The van der Waals surface area contributed by atoms with E-state index in [0.29, 0.717) is 5.02 Å². The first-order chi connectivity index (χ1) is 11.7. The predicted octanol–water partition coefficient (Wildman–Crippen LogP) is 4.46. The molecule has 4 rings (SSSR count). The molecule has 0 saturated carbocycles. The van der Waals surface area contributed by atoms with Gasteiger partial charge in [-0.15, -0.1) is 11.8 Å². The van der Waals surface area contributed by atoms with Crippen LogP contribution in [0.3, 0.4) is 0 Å². The zero-order chi connectivity index (χ0) is 16.7. The van der Waals surface area contributed by atoms with Crippen LogP contribution in [-0.4, -0.2) is 37.2 Å². The van der Waals surface area contributed by atoms with Crippen molar-refractivity contribution < 1.29 is 0 Å². The summed E-state index contributed by atoms with van der Waals surface area (Å²) < 4.78 is 1.84. The fourth-order valence-electron chi connectivity index (χ4n) is 2.58. The van der Waals surface area contributed by atoms with E-state index in [1.165, 1.54) is 11.8 Å². The number of halogens is 1. The predicted molar refractivity (Wildman–Crippen MR) is 101 cm³/mol. The second-order valence-corrected chi connectivity index (χ2v) is 7.01. The Labute approximate surface area is 151 Å². The molecular formula is C16H12ClN5S2. The Bertz CT molecular complexity index is 1060. The maximum atomic E-state index is 6.08. The molecule has 0 aliphatic rings. The van der Waals surface area contributed by atoms with Gasteiger partial charge < -0.3 is 0 Å². The normalized spacial score (nSPS) is 11.5. The van der Waals surface area contributed by atoms with Crippen molar-refractivity contribution in [3.8, 4) is 5.69 Å². The van der Waals surface area contributed by atoms with Crippen molar-refractivity contribution in [3.05, 3.63) is 41.7 Å². The highest BCUT2D eigenvalue weighted by atomic mass is 35.5. The number of fused-ring (bicyclic) bond motifs is 2. The average molecular weight is 374 g/mol. The summed E-state index contributed by atoms with van der Waals surface area (Å²) in [5, 5.41) is 8.79. The average Bonchev–Trinajstić information content (AvgIpc) is 3.03. The summed E-state index contributed by atoms with van der Waals surface area (Å²) >= 11 is 9.20. The van der Waals surface area contributed by atoms with E-state index in [4.69, 9.17) is 11.6 Å². The van der Waals surface area contributed by atoms with E-state index in [1.807, 2.05) is 47.7 Å². The van der Waals surface area contributed by atoms with Gasteiger partial charge in [0.1, 0.15) is 5.03 Å². The van der Waals surface area contributed by atoms with Gasteiger partial charge in [0.15, 0.2) is 10.8 Å². The van der Waals surface area contributed by atoms with E-state index in [0.717, 1.165) is 37.8 Å². The molecule has 0 aliphatic carbocycles. The lowest BCUT2D eigenvalue weighted by atomic mass is 10.2. The number of hydrogen-bond acceptors (Lipinski definition) is 6. The van der Waals surface area contributed by atoms with Gasteiger partial charge in [-0.25, -0.2) is 14.6 Å². The molecule has 0 fully saturated rings. The summed E-state index contributed by atoms with van der Waals surface area (Å²) in [6.45, 7) is 0. The molecule has 4 aromatic rings. The second kappa shape index (κ2) is 6.23. The zero-order valence-corrected chi connectivity index (χ0v) is 15.3. The van der Waals surface area contributed by atoms with E-state index in [1.54, 1.807) is 18.0 Å². The molecule has 3 heterocycles. The van der Waals surface area contributed by atoms with Crippen LogP contribution in [0.15, 0.2) is 46.8 Å². The van der Waals surface area contributed by atoms with Crippen LogP contribution in [0.4, 0.5) is 0 Å². The molecule has 0 atom stereocenters. The molecule has 0 radical (unpaired) electrons. The first-order valence-electron chi connectivity index (χ1n) is 7.09. The highest BCUT2D eigenvalue weighted by Crippen LogP contribution is 2.29. The van der Waals surface area contributed by atoms with Crippen molar-refractivity contribution in [2.45, 2.75) is 10.2 Å². The number of pyridine rings is 1. The minimum absolute atomic E-state index is 0.661. The Kier molecular flexibility index (Phi) is 4.07. The Morgan fingerprint density at radius 1 is 1.04 bits per heavy atom. The molecule has 0 amide bonds. The SMILES string of the molecule is CSc1nc(SC)c2cnn(-c3ccnc4cc(Cl)ccc34)c2n1. The van der Waals surface area contributed by atoms with E-state index in [9.17, 15) is 0 Å². The summed E-state index contributed by atoms with van der Waals surface area (Å²) in [5.41, 5.74) is 2.54. The Balaban J connectivity index is 2.04. The lowest BCUT2D eigenvalue weighted by Crippen LogP contribution is -2.01. The lowest BCUT2D eigenvalue weighted by Gasteiger charge is -2.08. The first-order valence-corrected chi connectivity index (χ1v) is 9.92. The highest BCUT2D eigenvalue weighted by molar-refractivity contribution is 7.99. The van der Waals surface area contributed by atoms with Crippen LogP contribution in [0, 0.1) is 0 Å². The van der Waals surface area contributed by atoms with Crippen molar-refractivity contribution in [1.29, 1.82) is 0 Å². The van der Waals surface area contributed by atoms with E-state index < -0.39 is 0 Å². The topological polar surface area (TPSA) is 56.5 Å². The maximum absolute atomic E-state index is 6.08. The zero-order valence-electron chi connectivity index (χ0n) is 12.9. The molecule has 0 aliphatic heterocycles. The van der Waals surface area contributed by atoms with Crippen molar-refractivity contribution in [3.63, 3.8) is 0 Å². The maximum Gasteiger partial charge on any atom is 0.190 e.